The maximum absolute atomic E-state index is 15.4. The van der Waals surface area contributed by atoms with Gasteiger partial charge in [0.1, 0.15) is 11.6 Å². The number of fused-ring (bicyclic) bond motifs is 2. The summed E-state index contributed by atoms with van der Waals surface area (Å²) in [5.74, 6) is -2.50. The minimum absolute atomic E-state index is 0.0343. The van der Waals surface area contributed by atoms with E-state index in [0.29, 0.717) is 57.0 Å². The Morgan fingerprint density at radius 2 is 1.89 bits per heavy atom. The lowest BCUT2D eigenvalue weighted by Crippen LogP contribution is -2.57. The van der Waals surface area contributed by atoms with Gasteiger partial charge in [-0.15, -0.1) is 0 Å². The Hall–Kier alpha value is -2.64. The van der Waals surface area contributed by atoms with Crippen molar-refractivity contribution in [1.82, 2.24) is 14.9 Å². The fourth-order valence-corrected chi connectivity index (χ4v) is 8.93. The fourth-order valence-electron chi connectivity index (χ4n) is 7.00. The van der Waals surface area contributed by atoms with Gasteiger partial charge in [0.15, 0.2) is 5.78 Å². The molecule has 0 saturated carbocycles. The lowest BCUT2D eigenvalue weighted by atomic mass is 9.74. The largest absolute Gasteiger partial charge is 0.453 e. The quantitative estimate of drug-likeness (QED) is 0.387. The fraction of sp³-hybridized carbons (Fsp3) is 0.562. The van der Waals surface area contributed by atoms with Crippen molar-refractivity contribution in [2.75, 3.05) is 39.2 Å². The molecule has 5 atom stereocenters. The Bertz CT molecular complexity index is 1470. The van der Waals surface area contributed by atoms with Crippen LogP contribution in [0.4, 0.5) is 13.6 Å². The number of nitrogens with one attached hydrogen (secondary N) is 2. The van der Waals surface area contributed by atoms with Crippen LogP contribution in [0, 0.1) is 17.6 Å². The van der Waals surface area contributed by atoms with Crippen molar-refractivity contribution in [1.29, 1.82) is 0 Å². The SMILES string of the molecule is COC(=O)N[C@H](C(=O)Cc1cc(F)cc(F)c1CC[C@H]1CN[C@@H]2CCCS(=O)(=O)N1C2)[C@@H](c1ccc(Cl)cc1)C1CCOCC1. The average Bonchev–Trinajstić information content (AvgIpc) is 3.13. The molecule has 3 aliphatic rings. The molecule has 5 rings (SSSR count). The first kappa shape index (κ1) is 33.7. The van der Waals surface area contributed by atoms with Crippen molar-refractivity contribution in [3.8, 4) is 0 Å². The molecule has 0 spiro atoms. The number of Topliss-reactive ketones (excluding diaryl/α,β-unsaturated/α-hetero) is 1. The van der Waals surface area contributed by atoms with E-state index < -0.39 is 51.5 Å². The maximum Gasteiger partial charge on any atom is 0.407 e. The van der Waals surface area contributed by atoms with Gasteiger partial charge in [0.2, 0.25) is 10.0 Å². The molecule has 1 unspecified atom stereocenters. The molecule has 246 valence electrons. The number of carbonyl (C=O) groups excluding carboxylic acids is 2. The number of halogens is 3. The number of piperazine rings is 1. The molecule has 2 N–H and O–H groups in total. The van der Waals surface area contributed by atoms with Gasteiger partial charge in [-0.05, 0) is 79.3 Å². The third-order valence-electron chi connectivity index (χ3n) is 9.30. The molecular formula is C32H40ClF2N3O6S. The first-order valence-corrected chi connectivity index (χ1v) is 17.4. The van der Waals surface area contributed by atoms with Crippen LogP contribution in [-0.2, 0) is 37.1 Å². The zero-order valence-corrected chi connectivity index (χ0v) is 26.8. The van der Waals surface area contributed by atoms with Crippen molar-refractivity contribution >= 4 is 33.5 Å². The molecule has 3 aliphatic heterocycles. The van der Waals surface area contributed by atoms with Gasteiger partial charge in [0.05, 0.1) is 18.9 Å². The Balaban J connectivity index is 1.43. The van der Waals surface area contributed by atoms with Crippen LogP contribution in [-0.4, -0.2) is 81.9 Å². The van der Waals surface area contributed by atoms with Gasteiger partial charge in [0, 0.05) is 61.8 Å². The number of rotatable bonds is 10. The summed E-state index contributed by atoms with van der Waals surface area (Å²) in [6, 6.07) is 7.61. The highest BCUT2D eigenvalue weighted by atomic mass is 35.5. The van der Waals surface area contributed by atoms with Gasteiger partial charge in [-0.25, -0.2) is 22.0 Å². The topological polar surface area (TPSA) is 114 Å². The van der Waals surface area contributed by atoms with E-state index in [0.717, 1.165) is 24.1 Å². The van der Waals surface area contributed by atoms with E-state index >= 15 is 4.39 Å². The van der Waals surface area contributed by atoms with E-state index in [4.69, 9.17) is 21.1 Å². The van der Waals surface area contributed by atoms with E-state index in [-0.39, 0.29) is 41.7 Å². The van der Waals surface area contributed by atoms with Crippen LogP contribution in [0.1, 0.15) is 54.7 Å². The molecule has 9 nitrogen and oxygen atoms in total. The van der Waals surface area contributed by atoms with E-state index in [2.05, 4.69) is 10.6 Å². The lowest BCUT2D eigenvalue weighted by molar-refractivity contribution is -0.121. The van der Waals surface area contributed by atoms with E-state index in [1.54, 1.807) is 12.1 Å². The van der Waals surface area contributed by atoms with Crippen molar-refractivity contribution in [3.63, 3.8) is 0 Å². The third-order valence-corrected chi connectivity index (χ3v) is 11.5. The maximum atomic E-state index is 15.4. The van der Waals surface area contributed by atoms with Gasteiger partial charge in [0.25, 0.3) is 0 Å². The first-order valence-electron chi connectivity index (χ1n) is 15.5. The smallest absolute Gasteiger partial charge is 0.407 e. The number of ketones is 1. The van der Waals surface area contributed by atoms with Crippen LogP contribution in [0.3, 0.4) is 0 Å². The molecule has 1 amide bonds. The number of benzene rings is 2. The predicted octanol–water partition coefficient (Wildman–Crippen LogP) is 4.36. The number of nitrogens with zero attached hydrogens (tertiary/aromatic N) is 1. The van der Waals surface area contributed by atoms with Crippen LogP contribution >= 0.6 is 11.6 Å². The summed E-state index contributed by atoms with van der Waals surface area (Å²) >= 11 is 6.16. The second kappa shape index (κ2) is 14.8. The minimum atomic E-state index is -3.45. The van der Waals surface area contributed by atoms with Crippen LogP contribution in [0.25, 0.3) is 0 Å². The van der Waals surface area contributed by atoms with Crippen LogP contribution in [0.5, 0.6) is 0 Å². The number of sulfonamides is 1. The summed E-state index contributed by atoms with van der Waals surface area (Å²) in [7, 11) is -2.25. The van der Waals surface area contributed by atoms with Gasteiger partial charge in [-0.2, -0.15) is 4.31 Å². The van der Waals surface area contributed by atoms with Gasteiger partial charge in [-0.1, -0.05) is 23.7 Å². The highest BCUT2D eigenvalue weighted by Gasteiger charge is 2.39. The normalized spacial score (nSPS) is 24.7. The standard InChI is InChI=1S/C32H40ClF2N3O6S/c1-43-32(40)37-31(30(21-10-12-44-13-11-21)20-4-6-23(33)7-5-20)29(39)16-22-15-24(34)17-28(35)27(22)9-8-26-18-36-25-3-2-14-45(41,42)38(26)19-25/h4-7,15,17,21,25-26,30-31,36H,2-3,8-14,16,18-19H2,1H3,(H,37,40)/t25-,26+,30+,31-/m1/s1. The summed E-state index contributed by atoms with van der Waals surface area (Å²) in [5, 5.41) is 6.64. The predicted molar refractivity (Wildman–Crippen MR) is 166 cm³/mol. The van der Waals surface area contributed by atoms with E-state index in [1.807, 2.05) is 12.1 Å². The van der Waals surface area contributed by atoms with E-state index in [1.165, 1.54) is 11.4 Å². The molecule has 2 aromatic rings. The summed E-state index contributed by atoms with van der Waals surface area (Å²) in [6.07, 6.45) is 1.90. The van der Waals surface area contributed by atoms with Crippen LogP contribution in [0.15, 0.2) is 36.4 Å². The molecule has 2 aromatic carbocycles. The lowest BCUT2D eigenvalue weighted by Gasteiger charge is -2.37. The summed E-state index contributed by atoms with van der Waals surface area (Å²) < 4.78 is 67.9. The van der Waals surface area contributed by atoms with Crippen LogP contribution < -0.4 is 10.6 Å². The third kappa shape index (κ3) is 8.21. The Morgan fingerprint density at radius 1 is 1.16 bits per heavy atom. The molecule has 3 fully saturated rings. The zero-order valence-electron chi connectivity index (χ0n) is 25.3. The molecule has 0 radical (unpaired) electrons. The first-order chi connectivity index (χ1) is 21.6. The minimum Gasteiger partial charge on any atom is -0.453 e. The van der Waals surface area contributed by atoms with Crippen molar-refractivity contribution in [2.24, 2.45) is 5.92 Å². The molecule has 0 aromatic heterocycles. The summed E-state index contributed by atoms with van der Waals surface area (Å²) in [5.41, 5.74) is 1.11. The highest BCUT2D eigenvalue weighted by Crippen LogP contribution is 2.37. The van der Waals surface area contributed by atoms with Crippen molar-refractivity contribution < 1.29 is 36.3 Å². The van der Waals surface area contributed by atoms with Gasteiger partial charge >= 0.3 is 6.09 Å². The second-order valence-electron chi connectivity index (χ2n) is 12.1. The Morgan fingerprint density at radius 3 is 2.60 bits per heavy atom. The molecule has 3 heterocycles. The number of methoxy groups -OCH3 is 1. The Labute approximate surface area is 268 Å². The molecule has 0 aliphatic carbocycles. The number of hydrogen-bond acceptors (Lipinski definition) is 7. The van der Waals surface area contributed by atoms with Crippen molar-refractivity contribution in [2.45, 2.75) is 69.0 Å². The average molecular weight is 668 g/mol. The summed E-state index contributed by atoms with van der Waals surface area (Å²) in [6.45, 7) is 1.79. The zero-order chi connectivity index (χ0) is 32.1. The monoisotopic (exact) mass is 667 g/mol. The van der Waals surface area contributed by atoms with E-state index in [9.17, 15) is 22.4 Å². The molecule has 3 saturated heterocycles. The molecular weight excluding hydrogens is 628 g/mol. The van der Waals surface area contributed by atoms with Gasteiger partial charge in [-0.3, -0.25) is 4.79 Å². The highest BCUT2D eigenvalue weighted by molar-refractivity contribution is 7.89. The Kier molecular flexibility index (Phi) is 11.1. The number of hydrogen-bond donors (Lipinski definition) is 2. The molecule has 2 bridgehead atoms. The molecule has 45 heavy (non-hydrogen) atoms. The second-order valence-corrected chi connectivity index (χ2v) is 14.6. The number of ether oxygens (including phenoxy) is 2. The van der Waals surface area contributed by atoms with Crippen LogP contribution in [0.2, 0.25) is 5.02 Å². The molecule has 13 heteroatoms. The van der Waals surface area contributed by atoms with Crippen molar-refractivity contribution in [3.05, 3.63) is 69.7 Å². The number of amides is 1. The number of alkyl carbamates (subject to hydrolysis) is 1. The van der Waals surface area contributed by atoms with Gasteiger partial charge < -0.3 is 20.1 Å². The summed E-state index contributed by atoms with van der Waals surface area (Å²) in [4.78, 5) is 26.7. The number of carbonyl (C=O) groups is 2.